The van der Waals surface area contributed by atoms with E-state index in [2.05, 4.69) is 6.07 Å². The van der Waals surface area contributed by atoms with Gasteiger partial charge in [-0.05, 0) is 36.1 Å². The Kier molecular flexibility index (Phi) is 3.92. The van der Waals surface area contributed by atoms with Gasteiger partial charge in [-0.2, -0.15) is 0 Å². The Morgan fingerprint density at radius 3 is 2.75 bits per heavy atom. The highest BCUT2D eigenvalue weighted by atomic mass is 35.5. The predicted molar refractivity (Wildman–Crippen MR) is 70.5 cm³/mol. The first-order valence-electron chi connectivity index (χ1n) is 4.85. The molecule has 1 aromatic carbocycles. The van der Waals surface area contributed by atoms with E-state index in [4.69, 9.17) is 11.6 Å². The third-order valence-corrected chi connectivity index (χ3v) is 4.68. The first-order chi connectivity index (χ1) is 7.66. The Hall–Kier alpha value is -0.480. The third kappa shape index (κ3) is 2.80. The summed E-state index contributed by atoms with van der Waals surface area (Å²) >= 11 is 9.50. The topological polar surface area (TPSA) is 20.2 Å². The van der Waals surface area contributed by atoms with Crippen molar-refractivity contribution in [1.29, 1.82) is 0 Å². The Morgan fingerprint density at radius 1 is 1.38 bits per heavy atom. The van der Waals surface area contributed by atoms with Gasteiger partial charge in [0.05, 0.1) is 15.3 Å². The minimum Gasteiger partial charge on any atom is -0.389 e. The Balaban J connectivity index is 2.23. The van der Waals surface area contributed by atoms with Crippen LogP contribution in [0.2, 0.25) is 5.02 Å². The maximum atomic E-state index is 9.43. The van der Waals surface area contributed by atoms with Gasteiger partial charge in [0.1, 0.15) is 0 Å². The zero-order chi connectivity index (χ0) is 11.5. The number of hydrogen-bond donors (Lipinski definition) is 1. The molecule has 0 bridgehead atoms. The number of aliphatic hydroxyl groups is 1. The fourth-order valence-corrected chi connectivity index (χ4v) is 3.33. The first kappa shape index (κ1) is 12.0. The molecule has 0 fully saturated rings. The number of benzene rings is 1. The van der Waals surface area contributed by atoms with E-state index in [1.807, 2.05) is 29.6 Å². The van der Waals surface area contributed by atoms with Crippen LogP contribution in [0.3, 0.4) is 0 Å². The van der Waals surface area contributed by atoms with Crippen molar-refractivity contribution >= 4 is 34.7 Å². The summed E-state index contributed by atoms with van der Waals surface area (Å²) in [6.07, 6.45) is -0.474. The van der Waals surface area contributed by atoms with Crippen LogP contribution in [-0.4, -0.2) is 5.11 Å². The Bertz CT molecular complexity index is 466. The second-order valence-electron chi connectivity index (χ2n) is 3.40. The van der Waals surface area contributed by atoms with Crippen LogP contribution in [0.5, 0.6) is 0 Å². The molecule has 0 amide bonds. The van der Waals surface area contributed by atoms with Gasteiger partial charge in [0.2, 0.25) is 0 Å². The van der Waals surface area contributed by atoms with Gasteiger partial charge in [-0.25, -0.2) is 0 Å². The van der Waals surface area contributed by atoms with Gasteiger partial charge >= 0.3 is 0 Å². The zero-order valence-electron chi connectivity index (χ0n) is 8.68. The maximum Gasteiger partial charge on any atom is 0.0762 e. The zero-order valence-corrected chi connectivity index (χ0v) is 11.1. The molecule has 0 unspecified atom stereocenters. The average Bonchev–Trinajstić information content (AvgIpc) is 2.73. The van der Waals surface area contributed by atoms with Crippen molar-refractivity contribution in [3.05, 3.63) is 46.3 Å². The molecule has 1 aromatic heterocycles. The minimum atomic E-state index is -0.474. The molecule has 0 aliphatic rings. The van der Waals surface area contributed by atoms with Crippen LogP contribution in [-0.2, 0) is 0 Å². The first-order valence-corrected chi connectivity index (χ1v) is 6.93. The van der Waals surface area contributed by atoms with Gasteiger partial charge in [0, 0.05) is 4.90 Å². The van der Waals surface area contributed by atoms with E-state index in [1.165, 1.54) is 4.21 Å². The third-order valence-electron chi connectivity index (χ3n) is 2.14. The van der Waals surface area contributed by atoms with Crippen molar-refractivity contribution in [2.75, 3.05) is 0 Å². The maximum absolute atomic E-state index is 9.43. The lowest BCUT2D eigenvalue weighted by molar-refractivity contribution is 0.199. The summed E-state index contributed by atoms with van der Waals surface area (Å²) in [7, 11) is 0. The van der Waals surface area contributed by atoms with E-state index in [0.29, 0.717) is 5.02 Å². The smallest absolute Gasteiger partial charge is 0.0762 e. The minimum absolute atomic E-state index is 0.474. The van der Waals surface area contributed by atoms with Gasteiger partial charge in [0.25, 0.3) is 0 Å². The van der Waals surface area contributed by atoms with Crippen molar-refractivity contribution in [3.63, 3.8) is 0 Å². The van der Waals surface area contributed by atoms with E-state index in [0.717, 1.165) is 10.5 Å². The number of halogens is 1. The summed E-state index contributed by atoms with van der Waals surface area (Å²) in [5.41, 5.74) is 0.848. The monoisotopic (exact) mass is 270 g/mol. The van der Waals surface area contributed by atoms with E-state index in [1.54, 1.807) is 30.0 Å². The van der Waals surface area contributed by atoms with Crippen LogP contribution in [0, 0.1) is 0 Å². The highest BCUT2D eigenvalue weighted by Gasteiger charge is 2.07. The van der Waals surface area contributed by atoms with Crippen LogP contribution in [0.15, 0.2) is 44.8 Å². The molecule has 0 radical (unpaired) electrons. The summed E-state index contributed by atoms with van der Waals surface area (Å²) in [4.78, 5) is 1.02. The largest absolute Gasteiger partial charge is 0.389 e. The second kappa shape index (κ2) is 5.23. The van der Waals surface area contributed by atoms with E-state index in [-0.39, 0.29) is 0 Å². The van der Waals surface area contributed by atoms with Gasteiger partial charge in [0.15, 0.2) is 0 Å². The summed E-state index contributed by atoms with van der Waals surface area (Å²) < 4.78 is 1.21. The molecule has 1 heterocycles. The molecule has 1 N–H and O–H groups in total. The van der Waals surface area contributed by atoms with Crippen LogP contribution < -0.4 is 0 Å². The van der Waals surface area contributed by atoms with Gasteiger partial charge in [-0.3, -0.25) is 0 Å². The van der Waals surface area contributed by atoms with E-state index in [9.17, 15) is 5.11 Å². The average molecular weight is 271 g/mol. The van der Waals surface area contributed by atoms with Crippen molar-refractivity contribution < 1.29 is 5.11 Å². The van der Waals surface area contributed by atoms with Crippen molar-refractivity contribution in [2.24, 2.45) is 0 Å². The van der Waals surface area contributed by atoms with Crippen LogP contribution in [0.1, 0.15) is 18.6 Å². The molecule has 0 aliphatic carbocycles. The standard InChI is InChI=1S/C12H11ClOS2/c1-8(14)9-4-5-11(10(13)7-9)16-12-3-2-6-15-12/h2-8,14H,1H3/t8-/m1/s1. The normalized spacial score (nSPS) is 12.7. The fraction of sp³-hybridized carbons (Fsp3) is 0.167. The second-order valence-corrected chi connectivity index (χ2v) is 6.10. The molecule has 84 valence electrons. The molecule has 0 saturated heterocycles. The molecular formula is C12H11ClOS2. The van der Waals surface area contributed by atoms with Crippen molar-refractivity contribution in [3.8, 4) is 0 Å². The Morgan fingerprint density at radius 2 is 2.19 bits per heavy atom. The Labute approximate surface area is 108 Å². The molecule has 0 saturated carbocycles. The molecule has 0 spiro atoms. The molecule has 16 heavy (non-hydrogen) atoms. The van der Waals surface area contributed by atoms with Gasteiger partial charge in [-0.15, -0.1) is 11.3 Å². The van der Waals surface area contributed by atoms with Gasteiger partial charge in [-0.1, -0.05) is 35.5 Å². The molecule has 0 aliphatic heterocycles. The lowest BCUT2D eigenvalue weighted by atomic mass is 10.1. The SMILES string of the molecule is C[C@@H](O)c1ccc(Sc2cccs2)c(Cl)c1. The molecule has 1 nitrogen and oxygen atoms in total. The molecular weight excluding hydrogens is 260 g/mol. The summed E-state index contributed by atoms with van der Waals surface area (Å²) in [5.74, 6) is 0. The lowest BCUT2D eigenvalue weighted by Crippen LogP contribution is -1.90. The highest BCUT2D eigenvalue weighted by Crippen LogP contribution is 2.36. The van der Waals surface area contributed by atoms with Crippen LogP contribution in [0.25, 0.3) is 0 Å². The molecule has 1 atom stereocenters. The van der Waals surface area contributed by atoms with E-state index < -0.39 is 6.10 Å². The molecule has 4 heteroatoms. The lowest BCUT2D eigenvalue weighted by Gasteiger charge is -2.07. The number of hydrogen-bond acceptors (Lipinski definition) is 3. The summed E-state index contributed by atoms with van der Waals surface area (Å²) in [6, 6.07) is 9.77. The van der Waals surface area contributed by atoms with Crippen molar-refractivity contribution in [2.45, 2.75) is 22.1 Å². The summed E-state index contributed by atoms with van der Waals surface area (Å²) in [6.45, 7) is 1.73. The van der Waals surface area contributed by atoms with E-state index >= 15 is 0 Å². The molecule has 2 aromatic rings. The predicted octanol–water partition coefficient (Wildman–Crippen LogP) is 4.61. The summed E-state index contributed by atoms with van der Waals surface area (Å²) in [5, 5.41) is 12.2. The number of aliphatic hydroxyl groups excluding tert-OH is 1. The fourth-order valence-electron chi connectivity index (χ4n) is 1.29. The number of thiophene rings is 1. The highest BCUT2D eigenvalue weighted by molar-refractivity contribution is 8.01. The molecule has 2 rings (SSSR count). The van der Waals surface area contributed by atoms with Gasteiger partial charge < -0.3 is 5.11 Å². The van der Waals surface area contributed by atoms with Crippen LogP contribution >= 0.6 is 34.7 Å². The number of rotatable bonds is 3. The van der Waals surface area contributed by atoms with Crippen molar-refractivity contribution in [1.82, 2.24) is 0 Å². The van der Waals surface area contributed by atoms with Crippen LogP contribution in [0.4, 0.5) is 0 Å². The quantitative estimate of drug-likeness (QED) is 0.879.